The summed E-state index contributed by atoms with van der Waals surface area (Å²) in [6, 6.07) is 0. The zero-order valence-corrected chi connectivity index (χ0v) is 17.0. The van der Waals surface area contributed by atoms with E-state index in [1.54, 1.807) is 0 Å². The standard InChI is InChI=1S/C18H36O3.Na.H/c1-2-3-4-5-6-7-8-9-10-11-12-13-14-15-16-17(19)18(20)21;;/h17,19H,2-16H2,1H3,(H,20,21);;/q;+1;-1. The molecule has 0 saturated heterocycles. The van der Waals surface area contributed by atoms with Gasteiger partial charge in [0.2, 0.25) is 0 Å². The summed E-state index contributed by atoms with van der Waals surface area (Å²) in [6.45, 7) is 2.26. The second kappa shape index (κ2) is 19.5. The molecule has 22 heavy (non-hydrogen) atoms. The summed E-state index contributed by atoms with van der Waals surface area (Å²) in [5.74, 6) is -1.09. The minimum Gasteiger partial charge on any atom is -1.00 e. The van der Waals surface area contributed by atoms with Crippen LogP contribution in [0, 0.1) is 0 Å². The molecule has 1 unspecified atom stereocenters. The number of unbranched alkanes of at least 4 members (excludes halogenated alkanes) is 13. The van der Waals surface area contributed by atoms with Crippen molar-refractivity contribution >= 4 is 5.97 Å². The quantitative estimate of drug-likeness (QED) is 0.339. The number of aliphatic carboxylic acids is 1. The second-order valence-corrected chi connectivity index (χ2v) is 6.24. The molecule has 3 nitrogen and oxygen atoms in total. The van der Waals surface area contributed by atoms with Crippen molar-refractivity contribution in [3.8, 4) is 0 Å². The molecule has 0 aliphatic heterocycles. The van der Waals surface area contributed by atoms with Gasteiger partial charge in [0.25, 0.3) is 0 Å². The number of rotatable bonds is 16. The summed E-state index contributed by atoms with van der Waals surface area (Å²) in [7, 11) is 0. The fourth-order valence-electron chi connectivity index (χ4n) is 2.66. The predicted molar refractivity (Wildman–Crippen MR) is 89.7 cm³/mol. The Kier molecular flexibility index (Phi) is 21.8. The molecule has 0 rings (SSSR count). The van der Waals surface area contributed by atoms with E-state index in [1.807, 2.05) is 0 Å². The Bertz CT molecular complexity index is 240. The van der Waals surface area contributed by atoms with Gasteiger partial charge in [0.05, 0.1) is 0 Å². The van der Waals surface area contributed by atoms with Crippen molar-refractivity contribution < 1.29 is 46.0 Å². The molecule has 0 heterocycles. The largest absolute Gasteiger partial charge is 1.00 e. The van der Waals surface area contributed by atoms with E-state index in [0.29, 0.717) is 6.42 Å². The fraction of sp³-hybridized carbons (Fsp3) is 0.944. The number of carbonyl (C=O) groups is 1. The Morgan fingerprint density at radius 3 is 1.41 bits per heavy atom. The Morgan fingerprint density at radius 1 is 0.773 bits per heavy atom. The maximum Gasteiger partial charge on any atom is 1.00 e. The first-order valence-electron chi connectivity index (χ1n) is 9.09. The Hall–Kier alpha value is 0.430. The van der Waals surface area contributed by atoms with Crippen LogP contribution in [0.3, 0.4) is 0 Å². The Morgan fingerprint density at radius 2 is 1.09 bits per heavy atom. The van der Waals surface area contributed by atoms with Crippen LogP contribution in [0.25, 0.3) is 0 Å². The average Bonchev–Trinajstić information content (AvgIpc) is 2.47. The zero-order valence-electron chi connectivity index (χ0n) is 16.0. The van der Waals surface area contributed by atoms with E-state index in [2.05, 4.69) is 6.92 Å². The Balaban J connectivity index is -0.00000200. The molecular formula is C18H37NaO3. The minimum atomic E-state index is -1.16. The van der Waals surface area contributed by atoms with Gasteiger partial charge in [-0.15, -0.1) is 0 Å². The number of aliphatic hydroxyl groups is 1. The maximum atomic E-state index is 10.4. The van der Waals surface area contributed by atoms with Gasteiger partial charge in [-0.25, -0.2) is 4.79 Å². The van der Waals surface area contributed by atoms with Crippen molar-refractivity contribution in [3.05, 3.63) is 0 Å². The third-order valence-corrected chi connectivity index (χ3v) is 4.12. The van der Waals surface area contributed by atoms with Crippen LogP contribution in [0.15, 0.2) is 0 Å². The molecule has 0 aromatic rings. The molecule has 0 saturated carbocycles. The van der Waals surface area contributed by atoms with Gasteiger partial charge < -0.3 is 11.6 Å². The van der Waals surface area contributed by atoms with E-state index in [0.717, 1.165) is 12.8 Å². The first-order chi connectivity index (χ1) is 10.2. The van der Waals surface area contributed by atoms with Crippen LogP contribution in [0.4, 0.5) is 0 Å². The molecule has 0 radical (unpaired) electrons. The van der Waals surface area contributed by atoms with Gasteiger partial charge in [-0.2, -0.15) is 0 Å². The monoisotopic (exact) mass is 324 g/mol. The molecule has 2 N–H and O–H groups in total. The van der Waals surface area contributed by atoms with Crippen LogP contribution < -0.4 is 29.6 Å². The summed E-state index contributed by atoms with van der Waals surface area (Å²) < 4.78 is 0. The summed E-state index contributed by atoms with van der Waals surface area (Å²) in [6.07, 6.45) is 17.3. The van der Waals surface area contributed by atoms with Crippen molar-refractivity contribution in [3.63, 3.8) is 0 Å². The molecule has 0 fully saturated rings. The third-order valence-electron chi connectivity index (χ3n) is 4.12. The van der Waals surface area contributed by atoms with Crippen molar-refractivity contribution in [1.82, 2.24) is 0 Å². The van der Waals surface area contributed by atoms with Crippen LogP contribution >= 0.6 is 0 Å². The van der Waals surface area contributed by atoms with Crippen molar-refractivity contribution in [2.75, 3.05) is 0 Å². The molecule has 0 aliphatic carbocycles. The molecule has 0 aromatic carbocycles. The number of carboxylic acid groups (broad SMARTS) is 1. The summed E-state index contributed by atoms with van der Waals surface area (Å²) in [5.41, 5.74) is 0. The molecule has 1 atom stereocenters. The van der Waals surface area contributed by atoms with Gasteiger partial charge in [0.1, 0.15) is 0 Å². The molecule has 0 spiro atoms. The van der Waals surface area contributed by atoms with Gasteiger partial charge in [0, 0.05) is 0 Å². The van der Waals surface area contributed by atoms with Gasteiger partial charge in [-0.3, -0.25) is 0 Å². The van der Waals surface area contributed by atoms with E-state index < -0.39 is 12.1 Å². The first-order valence-corrected chi connectivity index (χ1v) is 9.09. The molecule has 0 aromatic heterocycles. The number of hydrogen-bond acceptors (Lipinski definition) is 2. The van der Waals surface area contributed by atoms with Gasteiger partial charge in [0.15, 0.2) is 6.10 Å². The van der Waals surface area contributed by atoms with Crippen LogP contribution in [-0.4, -0.2) is 22.3 Å². The van der Waals surface area contributed by atoms with Crippen LogP contribution in [0.5, 0.6) is 0 Å². The van der Waals surface area contributed by atoms with E-state index in [1.165, 1.54) is 77.0 Å². The molecule has 128 valence electrons. The van der Waals surface area contributed by atoms with Gasteiger partial charge in [-0.1, -0.05) is 96.8 Å². The average molecular weight is 324 g/mol. The zero-order chi connectivity index (χ0) is 15.8. The van der Waals surface area contributed by atoms with Gasteiger partial charge >= 0.3 is 35.5 Å². The molecule has 4 heteroatoms. The summed E-state index contributed by atoms with van der Waals surface area (Å²) >= 11 is 0. The summed E-state index contributed by atoms with van der Waals surface area (Å²) in [5, 5.41) is 17.7. The minimum absolute atomic E-state index is 0. The fourth-order valence-corrected chi connectivity index (χ4v) is 2.66. The van der Waals surface area contributed by atoms with Crippen LogP contribution in [0.2, 0.25) is 0 Å². The number of carboxylic acids is 1. The van der Waals surface area contributed by atoms with Crippen LogP contribution in [0.1, 0.15) is 105 Å². The van der Waals surface area contributed by atoms with Crippen molar-refractivity contribution in [2.24, 2.45) is 0 Å². The van der Waals surface area contributed by atoms with Crippen molar-refractivity contribution in [1.29, 1.82) is 0 Å². The van der Waals surface area contributed by atoms with E-state index in [9.17, 15) is 4.79 Å². The van der Waals surface area contributed by atoms with Crippen LogP contribution in [-0.2, 0) is 4.79 Å². The van der Waals surface area contributed by atoms with Crippen molar-refractivity contribution in [2.45, 2.75) is 109 Å². The van der Waals surface area contributed by atoms with E-state index >= 15 is 0 Å². The second-order valence-electron chi connectivity index (χ2n) is 6.24. The van der Waals surface area contributed by atoms with Gasteiger partial charge in [-0.05, 0) is 6.42 Å². The molecule has 0 aliphatic rings. The van der Waals surface area contributed by atoms with E-state index in [-0.39, 0.29) is 31.0 Å². The third kappa shape index (κ3) is 18.5. The topological polar surface area (TPSA) is 57.5 Å². The molecule has 0 amide bonds. The predicted octanol–water partition coefficient (Wildman–Crippen LogP) is 2.42. The SMILES string of the molecule is CCCCCCCCCCCCCCCCC(O)C(=O)O.[H-].[Na+]. The number of aliphatic hydroxyl groups excluding tert-OH is 1. The Labute approximate surface area is 161 Å². The molecular weight excluding hydrogens is 287 g/mol. The molecule has 0 bridgehead atoms. The summed E-state index contributed by atoms with van der Waals surface area (Å²) in [4.78, 5) is 10.4. The normalized spacial score (nSPS) is 11.9. The first kappa shape index (κ1) is 24.7. The number of hydrogen-bond donors (Lipinski definition) is 2. The smallest absolute Gasteiger partial charge is 1.00 e. The van der Waals surface area contributed by atoms with E-state index in [4.69, 9.17) is 10.2 Å². The maximum absolute atomic E-state index is 10.4.